The van der Waals surface area contributed by atoms with Crippen LogP contribution in [0.4, 0.5) is 0 Å². The van der Waals surface area contributed by atoms with Gasteiger partial charge in [0.15, 0.2) is 0 Å². The molecule has 19 heavy (non-hydrogen) atoms. The lowest BCUT2D eigenvalue weighted by Crippen LogP contribution is -2.42. The molecule has 1 saturated heterocycles. The number of amides is 1. The molecule has 4 nitrogen and oxygen atoms in total. The number of rotatable bonds is 2. The smallest absolute Gasteiger partial charge is 0.228 e. The molecule has 3 unspecified atom stereocenters. The minimum absolute atomic E-state index is 0.0715. The lowest BCUT2D eigenvalue weighted by Gasteiger charge is -2.27. The van der Waals surface area contributed by atoms with Gasteiger partial charge in [0, 0.05) is 18.2 Å². The highest BCUT2D eigenvalue weighted by Gasteiger charge is 2.31. The third-order valence-electron chi connectivity index (χ3n) is 4.12. The second-order valence-electron chi connectivity index (χ2n) is 5.48. The van der Waals surface area contributed by atoms with Crippen LogP contribution in [0, 0.1) is 5.92 Å². The van der Waals surface area contributed by atoms with Gasteiger partial charge in [0.05, 0.1) is 12.5 Å². The molecular formula is C15H20N2O2. The summed E-state index contributed by atoms with van der Waals surface area (Å²) in [4.78, 5) is 12.5. The average Bonchev–Trinajstić information content (AvgIpc) is 2.83. The first kappa shape index (κ1) is 12.5. The van der Waals surface area contributed by atoms with Gasteiger partial charge >= 0.3 is 0 Å². The van der Waals surface area contributed by atoms with Crippen LogP contribution in [0.15, 0.2) is 24.3 Å². The maximum absolute atomic E-state index is 12.5. The van der Waals surface area contributed by atoms with E-state index in [0.29, 0.717) is 12.5 Å². The van der Waals surface area contributed by atoms with E-state index in [0.717, 1.165) is 30.8 Å². The molecule has 3 rings (SSSR count). The van der Waals surface area contributed by atoms with Gasteiger partial charge in [-0.2, -0.15) is 0 Å². The van der Waals surface area contributed by atoms with Crippen molar-refractivity contribution in [1.82, 2.24) is 10.6 Å². The molecule has 0 aliphatic carbocycles. The van der Waals surface area contributed by atoms with Crippen LogP contribution in [0.25, 0.3) is 0 Å². The zero-order chi connectivity index (χ0) is 13.2. The van der Waals surface area contributed by atoms with Crippen molar-refractivity contribution in [2.45, 2.75) is 25.3 Å². The number of hydrogen-bond donors (Lipinski definition) is 2. The van der Waals surface area contributed by atoms with Crippen molar-refractivity contribution in [2.24, 2.45) is 5.92 Å². The number of para-hydroxylation sites is 1. The Morgan fingerprint density at radius 2 is 2.21 bits per heavy atom. The second-order valence-corrected chi connectivity index (χ2v) is 5.48. The highest BCUT2D eigenvalue weighted by atomic mass is 16.5. The van der Waals surface area contributed by atoms with Crippen molar-refractivity contribution >= 4 is 5.91 Å². The van der Waals surface area contributed by atoms with Gasteiger partial charge in [-0.15, -0.1) is 0 Å². The van der Waals surface area contributed by atoms with Crippen LogP contribution in [0.2, 0.25) is 0 Å². The molecule has 0 bridgehead atoms. The fourth-order valence-corrected chi connectivity index (χ4v) is 2.90. The summed E-state index contributed by atoms with van der Waals surface area (Å²) in [6.07, 6.45) is 0.761. The molecule has 1 aromatic rings. The number of nitrogens with one attached hydrogen (secondary N) is 2. The summed E-state index contributed by atoms with van der Waals surface area (Å²) >= 11 is 0. The van der Waals surface area contributed by atoms with E-state index in [1.807, 2.05) is 24.3 Å². The average molecular weight is 260 g/mol. The molecule has 1 fully saturated rings. The van der Waals surface area contributed by atoms with Crippen molar-refractivity contribution in [3.63, 3.8) is 0 Å². The topological polar surface area (TPSA) is 50.4 Å². The van der Waals surface area contributed by atoms with E-state index in [1.54, 1.807) is 0 Å². The van der Waals surface area contributed by atoms with E-state index in [2.05, 4.69) is 17.6 Å². The molecule has 4 heteroatoms. The van der Waals surface area contributed by atoms with Gasteiger partial charge in [0.1, 0.15) is 5.75 Å². The SMILES string of the molecule is CC1CNCC1NC(=O)C1CCOc2ccccc21. The standard InChI is InChI=1S/C15H20N2O2/c1-10-8-16-9-13(10)17-15(18)12-6-7-19-14-5-3-2-4-11(12)14/h2-5,10,12-13,16H,6-9H2,1H3,(H,17,18). The van der Waals surface area contributed by atoms with E-state index in [1.165, 1.54) is 0 Å². The predicted octanol–water partition coefficient (Wildman–Crippen LogP) is 1.28. The summed E-state index contributed by atoms with van der Waals surface area (Å²) in [6, 6.07) is 8.10. The first-order valence-corrected chi connectivity index (χ1v) is 6.98. The lowest BCUT2D eigenvalue weighted by molar-refractivity contribution is -0.124. The molecule has 0 aromatic heterocycles. The normalized spacial score (nSPS) is 29.4. The molecule has 2 N–H and O–H groups in total. The monoisotopic (exact) mass is 260 g/mol. The minimum atomic E-state index is -0.0715. The number of ether oxygens (including phenoxy) is 1. The summed E-state index contributed by atoms with van der Waals surface area (Å²) in [7, 11) is 0. The highest BCUT2D eigenvalue weighted by Crippen LogP contribution is 2.33. The van der Waals surface area contributed by atoms with Crippen molar-refractivity contribution < 1.29 is 9.53 Å². The van der Waals surface area contributed by atoms with Crippen molar-refractivity contribution in [2.75, 3.05) is 19.7 Å². The largest absolute Gasteiger partial charge is 0.493 e. The molecule has 2 aliphatic heterocycles. The van der Waals surface area contributed by atoms with Crippen LogP contribution in [0.5, 0.6) is 5.75 Å². The molecule has 1 amide bonds. The molecule has 102 valence electrons. The molecule has 2 heterocycles. The van der Waals surface area contributed by atoms with Crippen LogP contribution >= 0.6 is 0 Å². The summed E-state index contributed by atoms with van der Waals surface area (Å²) in [5.74, 6) is 1.42. The molecule has 2 aliphatic rings. The van der Waals surface area contributed by atoms with Crippen LogP contribution in [-0.4, -0.2) is 31.6 Å². The van der Waals surface area contributed by atoms with Crippen LogP contribution < -0.4 is 15.4 Å². The van der Waals surface area contributed by atoms with Gasteiger partial charge in [-0.25, -0.2) is 0 Å². The van der Waals surface area contributed by atoms with E-state index in [4.69, 9.17) is 4.74 Å². The number of carbonyl (C=O) groups excluding carboxylic acids is 1. The maximum atomic E-state index is 12.5. The van der Waals surface area contributed by atoms with Gasteiger partial charge in [-0.3, -0.25) is 4.79 Å². The Kier molecular flexibility index (Phi) is 3.42. The quantitative estimate of drug-likeness (QED) is 0.842. The Bertz CT molecular complexity index is 475. The second kappa shape index (κ2) is 5.21. The number of fused-ring (bicyclic) bond motifs is 1. The number of benzene rings is 1. The van der Waals surface area contributed by atoms with Crippen molar-refractivity contribution in [3.8, 4) is 5.75 Å². The number of carbonyl (C=O) groups is 1. The minimum Gasteiger partial charge on any atom is -0.493 e. The fraction of sp³-hybridized carbons (Fsp3) is 0.533. The van der Waals surface area contributed by atoms with Gasteiger partial charge in [0.2, 0.25) is 5.91 Å². The third-order valence-corrected chi connectivity index (χ3v) is 4.12. The summed E-state index contributed by atoms with van der Waals surface area (Å²) in [5.41, 5.74) is 1.02. The molecular weight excluding hydrogens is 240 g/mol. The Labute approximate surface area is 113 Å². The predicted molar refractivity (Wildman–Crippen MR) is 73.3 cm³/mol. The molecule has 0 spiro atoms. The number of hydrogen-bond acceptors (Lipinski definition) is 3. The van der Waals surface area contributed by atoms with Gasteiger partial charge in [-0.05, 0) is 24.9 Å². The third kappa shape index (κ3) is 2.45. The van der Waals surface area contributed by atoms with E-state index in [9.17, 15) is 4.79 Å². The van der Waals surface area contributed by atoms with Crippen LogP contribution in [-0.2, 0) is 4.79 Å². The Morgan fingerprint density at radius 3 is 3.00 bits per heavy atom. The maximum Gasteiger partial charge on any atom is 0.228 e. The summed E-state index contributed by atoms with van der Waals surface area (Å²) < 4.78 is 5.60. The molecule has 3 atom stereocenters. The molecule has 1 aromatic carbocycles. The fourth-order valence-electron chi connectivity index (χ4n) is 2.90. The highest BCUT2D eigenvalue weighted by molar-refractivity contribution is 5.85. The summed E-state index contributed by atoms with van der Waals surface area (Å²) in [5, 5.41) is 6.49. The van der Waals surface area contributed by atoms with E-state index < -0.39 is 0 Å². The lowest BCUT2D eigenvalue weighted by atomic mass is 9.91. The zero-order valence-electron chi connectivity index (χ0n) is 11.2. The Balaban J connectivity index is 1.74. The summed E-state index contributed by atoms with van der Waals surface area (Å²) in [6.45, 7) is 4.64. The Morgan fingerprint density at radius 1 is 1.37 bits per heavy atom. The first-order chi connectivity index (χ1) is 9.25. The van der Waals surface area contributed by atoms with E-state index in [-0.39, 0.29) is 17.9 Å². The van der Waals surface area contributed by atoms with Gasteiger partial charge < -0.3 is 15.4 Å². The van der Waals surface area contributed by atoms with E-state index >= 15 is 0 Å². The van der Waals surface area contributed by atoms with Gasteiger partial charge in [0.25, 0.3) is 0 Å². The van der Waals surface area contributed by atoms with Crippen LogP contribution in [0.1, 0.15) is 24.8 Å². The zero-order valence-corrected chi connectivity index (χ0v) is 11.2. The van der Waals surface area contributed by atoms with Crippen LogP contribution in [0.3, 0.4) is 0 Å². The van der Waals surface area contributed by atoms with Gasteiger partial charge in [-0.1, -0.05) is 25.1 Å². The van der Waals surface area contributed by atoms with Crippen molar-refractivity contribution in [1.29, 1.82) is 0 Å². The Hall–Kier alpha value is -1.55. The molecule has 0 saturated carbocycles. The first-order valence-electron chi connectivity index (χ1n) is 6.98. The molecule has 0 radical (unpaired) electrons. The van der Waals surface area contributed by atoms with Crippen molar-refractivity contribution in [3.05, 3.63) is 29.8 Å².